The lowest BCUT2D eigenvalue weighted by Gasteiger charge is -2.33. The van der Waals surface area contributed by atoms with Gasteiger partial charge in [0, 0.05) is 36.6 Å². The Bertz CT molecular complexity index is 470. The van der Waals surface area contributed by atoms with Crippen molar-refractivity contribution in [3.8, 4) is 0 Å². The molecule has 3 atom stereocenters. The fourth-order valence-electron chi connectivity index (χ4n) is 2.37. The standard InChI is InChI=1S/C13H16N2O3/c1-8-7-12(16)9(2)13(14-8)10-3-5-11(6-4-10)15(17)18/h3-6,8-9,13-14H,7H2,1-2H3/t8-,9-,13-/m0/s1. The Morgan fingerprint density at radius 1 is 1.28 bits per heavy atom. The van der Waals surface area contributed by atoms with Gasteiger partial charge in [0.05, 0.1) is 4.92 Å². The van der Waals surface area contributed by atoms with E-state index < -0.39 is 4.92 Å². The summed E-state index contributed by atoms with van der Waals surface area (Å²) in [6.07, 6.45) is 0.546. The Balaban J connectivity index is 2.24. The van der Waals surface area contributed by atoms with E-state index in [9.17, 15) is 14.9 Å². The van der Waals surface area contributed by atoms with Crippen LogP contribution in [0.15, 0.2) is 24.3 Å². The highest BCUT2D eigenvalue weighted by Gasteiger charge is 2.32. The van der Waals surface area contributed by atoms with Crippen molar-refractivity contribution in [2.45, 2.75) is 32.4 Å². The summed E-state index contributed by atoms with van der Waals surface area (Å²) in [5, 5.41) is 14.0. The van der Waals surface area contributed by atoms with Gasteiger partial charge in [0.1, 0.15) is 5.78 Å². The number of carbonyl (C=O) groups excluding carboxylic acids is 1. The van der Waals surface area contributed by atoms with Gasteiger partial charge in [-0.05, 0) is 12.5 Å². The predicted molar refractivity (Wildman–Crippen MR) is 67.2 cm³/mol. The molecule has 1 heterocycles. The summed E-state index contributed by atoms with van der Waals surface area (Å²) in [4.78, 5) is 22.0. The van der Waals surface area contributed by atoms with Gasteiger partial charge in [-0.25, -0.2) is 0 Å². The number of piperidine rings is 1. The Hall–Kier alpha value is -1.75. The van der Waals surface area contributed by atoms with Crippen molar-refractivity contribution in [1.82, 2.24) is 5.32 Å². The lowest BCUT2D eigenvalue weighted by molar-refractivity contribution is -0.384. The zero-order valence-electron chi connectivity index (χ0n) is 10.4. The number of Topliss-reactive ketones (excluding diaryl/α,β-unsaturated/α-hetero) is 1. The van der Waals surface area contributed by atoms with Crippen molar-refractivity contribution in [2.24, 2.45) is 5.92 Å². The highest BCUT2D eigenvalue weighted by Crippen LogP contribution is 2.29. The largest absolute Gasteiger partial charge is 0.306 e. The second-order valence-corrected chi connectivity index (χ2v) is 4.85. The Labute approximate surface area is 105 Å². The Morgan fingerprint density at radius 2 is 1.89 bits per heavy atom. The fourth-order valence-corrected chi connectivity index (χ4v) is 2.37. The zero-order chi connectivity index (χ0) is 13.3. The van der Waals surface area contributed by atoms with E-state index in [1.54, 1.807) is 12.1 Å². The van der Waals surface area contributed by atoms with Crippen LogP contribution in [0.25, 0.3) is 0 Å². The number of hydrogen-bond acceptors (Lipinski definition) is 4. The molecule has 1 aromatic carbocycles. The molecule has 0 amide bonds. The monoisotopic (exact) mass is 248 g/mol. The maximum absolute atomic E-state index is 11.8. The molecule has 1 N–H and O–H groups in total. The van der Waals surface area contributed by atoms with Crippen LogP contribution in [0.3, 0.4) is 0 Å². The molecule has 0 bridgehead atoms. The van der Waals surface area contributed by atoms with E-state index in [1.807, 2.05) is 13.8 Å². The summed E-state index contributed by atoms with van der Waals surface area (Å²) < 4.78 is 0. The molecule has 96 valence electrons. The van der Waals surface area contributed by atoms with Gasteiger partial charge < -0.3 is 5.32 Å². The first-order valence-corrected chi connectivity index (χ1v) is 6.02. The average Bonchev–Trinajstić information content (AvgIpc) is 2.34. The van der Waals surface area contributed by atoms with Crippen LogP contribution in [0.5, 0.6) is 0 Å². The van der Waals surface area contributed by atoms with Crippen LogP contribution < -0.4 is 5.32 Å². The van der Waals surface area contributed by atoms with Gasteiger partial charge >= 0.3 is 0 Å². The van der Waals surface area contributed by atoms with Crippen LogP contribution in [-0.4, -0.2) is 16.7 Å². The topological polar surface area (TPSA) is 72.2 Å². The number of nitrogens with one attached hydrogen (secondary N) is 1. The molecule has 0 aliphatic carbocycles. The third-order valence-corrected chi connectivity index (χ3v) is 3.44. The van der Waals surface area contributed by atoms with E-state index in [4.69, 9.17) is 0 Å². The first-order chi connectivity index (χ1) is 8.49. The van der Waals surface area contributed by atoms with Gasteiger partial charge in [-0.1, -0.05) is 19.1 Å². The number of nitro groups is 1. The molecule has 5 nitrogen and oxygen atoms in total. The predicted octanol–water partition coefficient (Wildman–Crippen LogP) is 2.22. The summed E-state index contributed by atoms with van der Waals surface area (Å²) in [6, 6.07) is 6.49. The number of carbonyl (C=O) groups is 1. The Kier molecular flexibility index (Phi) is 3.43. The molecule has 1 aliphatic heterocycles. The number of non-ortho nitro benzene ring substituents is 1. The number of nitrogens with zero attached hydrogens (tertiary/aromatic N) is 1. The first kappa shape index (κ1) is 12.7. The van der Waals surface area contributed by atoms with E-state index in [1.165, 1.54) is 12.1 Å². The van der Waals surface area contributed by atoms with Crippen LogP contribution in [-0.2, 0) is 4.79 Å². The average molecular weight is 248 g/mol. The van der Waals surface area contributed by atoms with Crippen molar-refractivity contribution < 1.29 is 9.72 Å². The quantitative estimate of drug-likeness (QED) is 0.643. The van der Waals surface area contributed by atoms with Gasteiger partial charge in [0.15, 0.2) is 0 Å². The van der Waals surface area contributed by atoms with Crippen LogP contribution in [0.4, 0.5) is 5.69 Å². The molecule has 2 rings (SSSR count). The number of ketones is 1. The number of benzene rings is 1. The van der Waals surface area contributed by atoms with Crippen molar-refractivity contribution in [2.75, 3.05) is 0 Å². The van der Waals surface area contributed by atoms with Crippen molar-refractivity contribution in [3.63, 3.8) is 0 Å². The second kappa shape index (κ2) is 4.86. The smallest absolute Gasteiger partial charge is 0.269 e. The number of rotatable bonds is 2. The SMILES string of the molecule is C[C@H]1CC(=O)[C@H](C)[C@@H](c2ccc([N+](=O)[O-])cc2)N1. The molecule has 0 radical (unpaired) electrons. The van der Waals surface area contributed by atoms with Gasteiger partial charge in [-0.15, -0.1) is 0 Å². The van der Waals surface area contributed by atoms with Gasteiger partial charge in [-0.2, -0.15) is 0 Å². The van der Waals surface area contributed by atoms with Crippen LogP contribution >= 0.6 is 0 Å². The van der Waals surface area contributed by atoms with E-state index >= 15 is 0 Å². The third-order valence-electron chi connectivity index (χ3n) is 3.44. The highest BCUT2D eigenvalue weighted by molar-refractivity contribution is 5.83. The zero-order valence-corrected chi connectivity index (χ0v) is 10.4. The maximum atomic E-state index is 11.8. The van der Waals surface area contributed by atoms with Crippen LogP contribution in [0.2, 0.25) is 0 Å². The molecular weight excluding hydrogens is 232 g/mol. The highest BCUT2D eigenvalue weighted by atomic mass is 16.6. The fraction of sp³-hybridized carbons (Fsp3) is 0.462. The molecule has 1 saturated heterocycles. The normalized spacial score (nSPS) is 28.1. The number of nitro benzene ring substituents is 1. The summed E-state index contributed by atoms with van der Waals surface area (Å²) >= 11 is 0. The molecule has 0 spiro atoms. The lowest BCUT2D eigenvalue weighted by Crippen LogP contribution is -2.44. The summed E-state index contributed by atoms with van der Waals surface area (Å²) in [5.74, 6) is 0.146. The number of hydrogen-bond donors (Lipinski definition) is 1. The molecule has 5 heteroatoms. The van der Waals surface area contributed by atoms with E-state index in [2.05, 4.69) is 5.32 Å². The molecule has 18 heavy (non-hydrogen) atoms. The lowest BCUT2D eigenvalue weighted by atomic mass is 9.84. The molecule has 1 aromatic rings. The molecule has 0 saturated carbocycles. The molecule has 1 fully saturated rings. The molecule has 1 aliphatic rings. The Morgan fingerprint density at radius 3 is 2.44 bits per heavy atom. The van der Waals surface area contributed by atoms with Crippen LogP contribution in [0, 0.1) is 16.0 Å². The molecule has 0 aromatic heterocycles. The molecule has 0 unspecified atom stereocenters. The van der Waals surface area contributed by atoms with Crippen molar-refractivity contribution >= 4 is 11.5 Å². The van der Waals surface area contributed by atoms with Gasteiger partial charge in [0.2, 0.25) is 0 Å². The summed E-state index contributed by atoms with van der Waals surface area (Å²) in [7, 11) is 0. The minimum Gasteiger partial charge on any atom is -0.306 e. The van der Waals surface area contributed by atoms with Gasteiger partial charge in [-0.3, -0.25) is 14.9 Å². The minimum absolute atomic E-state index is 0.0537. The third kappa shape index (κ3) is 2.41. The maximum Gasteiger partial charge on any atom is 0.269 e. The summed E-state index contributed by atoms with van der Waals surface area (Å²) in [6.45, 7) is 3.87. The molecular formula is C13H16N2O3. The van der Waals surface area contributed by atoms with E-state index in [-0.39, 0.29) is 29.5 Å². The second-order valence-electron chi connectivity index (χ2n) is 4.85. The van der Waals surface area contributed by atoms with Crippen LogP contribution in [0.1, 0.15) is 31.9 Å². The van der Waals surface area contributed by atoms with Crippen molar-refractivity contribution in [1.29, 1.82) is 0 Å². The minimum atomic E-state index is -0.421. The van der Waals surface area contributed by atoms with E-state index in [0.29, 0.717) is 6.42 Å². The van der Waals surface area contributed by atoms with E-state index in [0.717, 1.165) is 5.56 Å². The first-order valence-electron chi connectivity index (χ1n) is 6.02. The van der Waals surface area contributed by atoms with Gasteiger partial charge in [0.25, 0.3) is 5.69 Å². The summed E-state index contributed by atoms with van der Waals surface area (Å²) in [5.41, 5.74) is 0.995. The van der Waals surface area contributed by atoms with Crippen molar-refractivity contribution in [3.05, 3.63) is 39.9 Å².